The summed E-state index contributed by atoms with van der Waals surface area (Å²) in [5.74, 6) is 1.71. The number of hydrogen-bond donors (Lipinski definition) is 1. The highest BCUT2D eigenvalue weighted by atomic mass is 16.4. The van der Waals surface area contributed by atoms with E-state index < -0.39 is 0 Å². The molecule has 1 aromatic carbocycles. The van der Waals surface area contributed by atoms with Crippen molar-refractivity contribution in [3.05, 3.63) is 41.9 Å². The molecule has 1 heterocycles. The average molecular weight is 272 g/mol. The maximum absolute atomic E-state index is 5.88. The molecular weight excluding hydrogens is 248 g/mol. The summed E-state index contributed by atoms with van der Waals surface area (Å²) in [6.07, 6.45) is 4.78. The maximum Gasteiger partial charge on any atom is 0.194 e. The van der Waals surface area contributed by atoms with Crippen molar-refractivity contribution in [1.29, 1.82) is 0 Å². The monoisotopic (exact) mass is 272 g/mol. The van der Waals surface area contributed by atoms with Gasteiger partial charge in [-0.3, -0.25) is 0 Å². The Morgan fingerprint density at radius 2 is 2.05 bits per heavy atom. The number of nitrogens with one attached hydrogen (secondary N) is 1. The zero-order valence-corrected chi connectivity index (χ0v) is 12.6. The fourth-order valence-corrected chi connectivity index (χ4v) is 2.25. The summed E-state index contributed by atoms with van der Waals surface area (Å²) in [5, 5.41) is 3.40. The quantitative estimate of drug-likeness (QED) is 0.778. The van der Waals surface area contributed by atoms with E-state index in [1.54, 1.807) is 0 Å². The second-order valence-corrected chi connectivity index (χ2v) is 5.34. The fraction of sp³-hybridized carbons (Fsp3) is 0.471. The van der Waals surface area contributed by atoms with Crippen molar-refractivity contribution >= 4 is 0 Å². The number of benzene rings is 1. The molecule has 0 amide bonds. The third kappa shape index (κ3) is 3.94. The second kappa shape index (κ2) is 7.25. The maximum atomic E-state index is 5.88. The van der Waals surface area contributed by atoms with Crippen LogP contribution in [0.15, 0.2) is 34.9 Å². The number of aryl methyl sites for hydroxylation is 2. The van der Waals surface area contributed by atoms with Gasteiger partial charge in [0.05, 0.1) is 6.20 Å². The molecule has 0 fully saturated rings. The van der Waals surface area contributed by atoms with Crippen molar-refractivity contribution in [1.82, 2.24) is 10.3 Å². The van der Waals surface area contributed by atoms with Gasteiger partial charge in [0.25, 0.3) is 0 Å². The molecule has 0 atom stereocenters. The van der Waals surface area contributed by atoms with Crippen molar-refractivity contribution in [2.24, 2.45) is 0 Å². The summed E-state index contributed by atoms with van der Waals surface area (Å²) < 4.78 is 5.88. The van der Waals surface area contributed by atoms with Crippen LogP contribution in [-0.2, 0) is 12.8 Å². The first kappa shape index (κ1) is 14.8. The van der Waals surface area contributed by atoms with Crippen LogP contribution in [0, 0.1) is 0 Å². The highest BCUT2D eigenvalue weighted by molar-refractivity contribution is 5.61. The predicted molar refractivity (Wildman–Crippen MR) is 82.8 cm³/mol. The largest absolute Gasteiger partial charge is 0.441 e. The van der Waals surface area contributed by atoms with Crippen LogP contribution < -0.4 is 5.32 Å². The Morgan fingerprint density at radius 3 is 2.80 bits per heavy atom. The van der Waals surface area contributed by atoms with E-state index in [4.69, 9.17) is 4.42 Å². The molecule has 1 aromatic heterocycles. The van der Waals surface area contributed by atoms with Gasteiger partial charge in [0.1, 0.15) is 0 Å². The lowest BCUT2D eigenvalue weighted by molar-refractivity contribution is 0.484. The van der Waals surface area contributed by atoms with Crippen molar-refractivity contribution in [3.63, 3.8) is 0 Å². The molecule has 2 rings (SSSR count). The Morgan fingerprint density at radius 1 is 1.25 bits per heavy atom. The fourth-order valence-electron chi connectivity index (χ4n) is 2.25. The van der Waals surface area contributed by atoms with E-state index in [-0.39, 0.29) is 0 Å². The van der Waals surface area contributed by atoms with Gasteiger partial charge in [-0.05, 0) is 24.9 Å². The third-order valence-corrected chi connectivity index (χ3v) is 3.34. The second-order valence-electron chi connectivity index (χ2n) is 5.34. The summed E-state index contributed by atoms with van der Waals surface area (Å²) >= 11 is 0. The summed E-state index contributed by atoms with van der Waals surface area (Å²) in [6, 6.07) is 8.89. The van der Waals surface area contributed by atoms with Gasteiger partial charge in [0.2, 0.25) is 0 Å². The van der Waals surface area contributed by atoms with Crippen molar-refractivity contribution in [3.8, 4) is 11.3 Å². The van der Waals surface area contributed by atoms with E-state index in [0.29, 0.717) is 6.04 Å². The summed E-state index contributed by atoms with van der Waals surface area (Å²) in [6.45, 7) is 7.48. The molecule has 0 radical (unpaired) electrons. The lowest BCUT2D eigenvalue weighted by Crippen LogP contribution is -2.23. The topological polar surface area (TPSA) is 38.1 Å². The Bertz CT molecular complexity index is 531. The molecule has 0 saturated carbocycles. The lowest BCUT2D eigenvalue weighted by atomic mass is 10.0. The molecule has 0 unspecified atom stereocenters. The molecule has 0 aliphatic rings. The molecule has 0 aliphatic heterocycles. The van der Waals surface area contributed by atoms with E-state index in [2.05, 4.69) is 49.3 Å². The number of nitrogens with zero attached hydrogens (tertiary/aromatic N) is 1. The van der Waals surface area contributed by atoms with Crippen LogP contribution in [0.3, 0.4) is 0 Å². The van der Waals surface area contributed by atoms with Crippen LogP contribution in [-0.4, -0.2) is 17.6 Å². The first-order valence-corrected chi connectivity index (χ1v) is 7.47. The highest BCUT2D eigenvalue weighted by Crippen LogP contribution is 2.25. The Hall–Kier alpha value is -1.61. The molecule has 1 N–H and O–H groups in total. The van der Waals surface area contributed by atoms with E-state index in [1.807, 2.05) is 12.3 Å². The minimum Gasteiger partial charge on any atom is -0.441 e. The van der Waals surface area contributed by atoms with Crippen LogP contribution in [0.4, 0.5) is 0 Å². The van der Waals surface area contributed by atoms with Crippen molar-refractivity contribution in [2.45, 2.75) is 46.1 Å². The van der Waals surface area contributed by atoms with Gasteiger partial charge in [-0.25, -0.2) is 4.98 Å². The zero-order chi connectivity index (χ0) is 14.4. The first-order valence-electron chi connectivity index (χ1n) is 7.47. The molecule has 0 spiro atoms. The number of hydrogen-bond acceptors (Lipinski definition) is 3. The average Bonchev–Trinajstić information content (AvgIpc) is 2.92. The number of rotatable bonds is 7. The van der Waals surface area contributed by atoms with Gasteiger partial charge in [-0.1, -0.05) is 45.0 Å². The van der Waals surface area contributed by atoms with E-state index in [9.17, 15) is 0 Å². The van der Waals surface area contributed by atoms with Crippen molar-refractivity contribution < 1.29 is 4.42 Å². The first-order chi connectivity index (χ1) is 9.70. The lowest BCUT2D eigenvalue weighted by Gasteiger charge is -2.06. The molecule has 0 aliphatic carbocycles. The van der Waals surface area contributed by atoms with Crippen LogP contribution >= 0.6 is 0 Å². The Balaban J connectivity index is 1.98. The summed E-state index contributed by atoms with van der Waals surface area (Å²) in [5.41, 5.74) is 2.46. The summed E-state index contributed by atoms with van der Waals surface area (Å²) in [7, 11) is 0. The van der Waals surface area contributed by atoms with Gasteiger partial charge in [-0.15, -0.1) is 0 Å². The minimum absolute atomic E-state index is 0.534. The predicted octanol–water partition coefficient (Wildman–Crippen LogP) is 3.83. The molecule has 20 heavy (non-hydrogen) atoms. The molecule has 0 saturated heterocycles. The number of oxazole rings is 1. The van der Waals surface area contributed by atoms with E-state index in [1.165, 1.54) is 5.56 Å². The Kier molecular flexibility index (Phi) is 5.36. The standard InChI is InChI=1S/C17H24N2O/c1-4-14-8-5-6-9-15(14)16-12-19-17(20-16)10-7-11-18-13(2)3/h5-6,8-9,12-13,18H,4,7,10-11H2,1-3H3. The van der Waals surface area contributed by atoms with Gasteiger partial charge in [-0.2, -0.15) is 0 Å². The van der Waals surface area contributed by atoms with Crippen LogP contribution in [0.1, 0.15) is 38.6 Å². The van der Waals surface area contributed by atoms with Crippen LogP contribution in [0.25, 0.3) is 11.3 Å². The van der Waals surface area contributed by atoms with Gasteiger partial charge in [0, 0.05) is 18.0 Å². The van der Waals surface area contributed by atoms with Gasteiger partial charge in [0.15, 0.2) is 11.7 Å². The molecule has 3 nitrogen and oxygen atoms in total. The molecule has 3 heteroatoms. The van der Waals surface area contributed by atoms with E-state index >= 15 is 0 Å². The van der Waals surface area contributed by atoms with Crippen LogP contribution in [0.5, 0.6) is 0 Å². The molecular formula is C17H24N2O. The molecule has 108 valence electrons. The SMILES string of the molecule is CCc1ccccc1-c1cnc(CCCNC(C)C)o1. The smallest absolute Gasteiger partial charge is 0.194 e. The van der Waals surface area contributed by atoms with Gasteiger partial charge >= 0.3 is 0 Å². The van der Waals surface area contributed by atoms with Gasteiger partial charge < -0.3 is 9.73 Å². The molecule has 0 bridgehead atoms. The number of aromatic nitrogens is 1. The normalized spacial score (nSPS) is 11.2. The Labute approximate surface area is 121 Å². The molecule has 2 aromatic rings. The van der Waals surface area contributed by atoms with Crippen molar-refractivity contribution in [2.75, 3.05) is 6.54 Å². The third-order valence-electron chi connectivity index (χ3n) is 3.34. The highest BCUT2D eigenvalue weighted by Gasteiger charge is 2.09. The van der Waals surface area contributed by atoms with E-state index in [0.717, 1.165) is 43.0 Å². The summed E-state index contributed by atoms with van der Waals surface area (Å²) in [4.78, 5) is 4.39. The zero-order valence-electron chi connectivity index (χ0n) is 12.6. The van der Waals surface area contributed by atoms with Crippen LogP contribution in [0.2, 0.25) is 0 Å². The minimum atomic E-state index is 0.534.